The molecule has 0 atom stereocenters. The van der Waals surface area contributed by atoms with Crippen LogP contribution in [0.4, 0.5) is 5.69 Å². The summed E-state index contributed by atoms with van der Waals surface area (Å²) >= 11 is 0. The van der Waals surface area contributed by atoms with Crippen molar-refractivity contribution in [1.29, 1.82) is 0 Å². The lowest BCUT2D eigenvalue weighted by Crippen LogP contribution is -2.20. The molecule has 4 rings (SSSR count). The monoisotopic (exact) mass is 395 g/mol. The van der Waals surface area contributed by atoms with Gasteiger partial charge in [-0.2, -0.15) is 0 Å². The Balaban J connectivity index is 1.46. The van der Waals surface area contributed by atoms with Crippen LogP contribution in [0.2, 0.25) is 0 Å². The molecular formula is C22H21NO6. The molecule has 0 saturated heterocycles. The Kier molecular flexibility index (Phi) is 5.12. The van der Waals surface area contributed by atoms with Crippen molar-refractivity contribution in [2.45, 2.75) is 19.3 Å². The van der Waals surface area contributed by atoms with Gasteiger partial charge in [0.25, 0.3) is 5.91 Å². The highest BCUT2D eigenvalue weighted by Crippen LogP contribution is 2.30. The third kappa shape index (κ3) is 3.89. The highest BCUT2D eigenvalue weighted by molar-refractivity contribution is 5.92. The molecule has 0 radical (unpaired) electrons. The van der Waals surface area contributed by atoms with Gasteiger partial charge in [-0.15, -0.1) is 0 Å². The fourth-order valence-corrected chi connectivity index (χ4v) is 3.58. The van der Waals surface area contributed by atoms with Crippen LogP contribution in [-0.4, -0.2) is 26.7 Å². The highest BCUT2D eigenvalue weighted by atomic mass is 16.5. The summed E-state index contributed by atoms with van der Waals surface area (Å²) in [6, 6.07) is 10.4. The molecule has 7 heteroatoms. The molecule has 1 amide bonds. The van der Waals surface area contributed by atoms with E-state index in [0.29, 0.717) is 28.5 Å². The first kappa shape index (κ1) is 18.9. The standard InChI is InChI=1S/C22H21NO6/c1-26-15-8-13(9-16(10-15)27-2)23-21(24)12-28-14-6-7-18-17-4-3-5-19(17)22(25)29-20(18)11-14/h6-11H,3-5,12H2,1-2H3,(H,23,24). The van der Waals surface area contributed by atoms with Gasteiger partial charge in [-0.25, -0.2) is 4.79 Å². The van der Waals surface area contributed by atoms with Gasteiger partial charge in [-0.05, 0) is 37.0 Å². The van der Waals surface area contributed by atoms with Crippen molar-refractivity contribution in [3.05, 3.63) is 57.9 Å². The normalized spacial score (nSPS) is 12.5. The van der Waals surface area contributed by atoms with Crippen LogP contribution in [0.25, 0.3) is 11.0 Å². The molecule has 3 aromatic rings. The zero-order valence-electron chi connectivity index (χ0n) is 16.2. The lowest BCUT2D eigenvalue weighted by atomic mass is 10.1. The Labute approximate surface area is 167 Å². The minimum atomic E-state index is -0.337. The van der Waals surface area contributed by atoms with Crippen LogP contribution in [0.1, 0.15) is 17.5 Å². The molecular weight excluding hydrogens is 374 g/mol. The predicted octanol–water partition coefficient (Wildman–Crippen LogP) is 3.32. The van der Waals surface area contributed by atoms with Gasteiger partial charge in [0.1, 0.15) is 22.8 Å². The molecule has 0 aliphatic heterocycles. The zero-order valence-corrected chi connectivity index (χ0v) is 16.2. The number of rotatable bonds is 6. The van der Waals surface area contributed by atoms with E-state index in [1.165, 1.54) is 14.2 Å². The van der Waals surface area contributed by atoms with Crippen LogP contribution in [0.3, 0.4) is 0 Å². The molecule has 1 aliphatic rings. The third-order valence-corrected chi connectivity index (χ3v) is 4.95. The molecule has 1 aliphatic carbocycles. The number of benzene rings is 2. The van der Waals surface area contributed by atoms with E-state index in [-0.39, 0.29) is 18.1 Å². The SMILES string of the molecule is COc1cc(NC(=O)COc2ccc3c4c(c(=O)oc3c2)CCC4)cc(OC)c1. The smallest absolute Gasteiger partial charge is 0.339 e. The Morgan fingerprint density at radius 2 is 1.72 bits per heavy atom. The number of methoxy groups -OCH3 is 2. The number of carbonyl (C=O) groups is 1. The minimum absolute atomic E-state index is 0.194. The average Bonchev–Trinajstić information content (AvgIpc) is 3.22. The number of ether oxygens (including phenoxy) is 3. The molecule has 0 unspecified atom stereocenters. The first-order chi connectivity index (χ1) is 14.1. The second-order valence-electron chi connectivity index (χ2n) is 6.80. The minimum Gasteiger partial charge on any atom is -0.497 e. The summed E-state index contributed by atoms with van der Waals surface area (Å²) in [5, 5.41) is 3.67. The van der Waals surface area contributed by atoms with E-state index in [9.17, 15) is 9.59 Å². The van der Waals surface area contributed by atoms with Gasteiger partial charge in [-0.3, -0.25) is 4.79 Å². The molecule has 2 aromatic carbocycles. The van der Waals surface area contributed by atoms with Crippen molar-refractivity contribution in [1.82, 2.24) is 0 Å². The number of hydrogen-bond donors (Lipinski definition) is 1. The first-order valence-electron chi connectivity index (χ1n) is 9.31. The molecule has 29 heavy (non-hydrogen) atoms. The van der Waals surface area contributed by atoms with E-state index in [1.807, 2.05) is 6.07 Å². The summed E-state index contributed by atoms with van der Waals surface area (Å²) in [4.78, 5) is 24.4. The van der Waals surface area contributed by atoms with Crippen LogP contribution >= 0.6 is 0 Å². The number of hydrogen-bond acceptors (Lipinski definition) is 6. The maximum atomic E-state index is 12.3. The molecule has 1 heterocycles. The molecule has 1 aromatic heterocycles. The number of nitrogens with one attached hydrogen (secondary N) is 1. The van der Waals surface area contributed by atoms with Gasteiger partial charge in [0.05, 0.1) is 14.2 Å². The van der Waals surface area contributed by atoms with Crippen molar-refractivity contribution in [3.63, 3.8) is 0 Å². The summed E-state index contributed by atoms with van der Waals surface area (Å²) in [5.41, 5.74) is 2.57. The lowest BCUT2D eigenvalue weighted by molar-refractivity contribution is -0.118. The van der Waals surface area contributed by atoms with E-state index in [2.05, 4.69) is 5.32 Å². The molecule has 0 fully saturated rings. The van der Waals surface area contributed by atoms with Crippen LogP contribution in [-0.2, 0) is 17.6 Å². The van der Waals surface area contributed by atoms with E-state index < -0.39 is 0 Å². The molecule has 0 spiro atoms. The largest absolute Gasteiger partial charge is 0.497 e. The van der Waals surface area contributed by atoms with E-state index in [0.717, 1.165) is 35.8 Å². The summed E-state index contributed by atoms with van der Waals surface area (Å²) in [7, 11) is 3.08. The molecule has 1 N–H and O–H groups in total. The number of fused-ring (bicyclic) bond motifs is 3. The Morgan fingerprint density at radius 1 is 1.00 bits per heavy atom. The van der Waals surface area contributed by atoms with Crippen molar-refractivity contribution >= 4 is 22.6 Å². The van der Waals surface area contributed by atoms with E-state index >= 15 is 0 Å². The van der Waals surface area contributed by atoms with Crippen molar-refractivity contribution < 1.29 is 23.4 Å². The molecule has 0 bridgehead atoms. The first-order valence-corrected chi connectivity index (χ1v) is 9.31. The van der Waals surface area contributed by atoms with Crippen molar-refractivity contribution in [3.8, 4) is 17.2 Å². The van der Waals surface area contributed by atoms with Crippen LogP contribution in [0, 0.1) is 0 Å². The molecule has 150 valence electrons. The van der Waals surface area contributed by atoms with Gasteiger partial charge < -0.3 is 23.9 Å². The molecule has 0 saturated carbocycles. The Morgan fingerprint density at radius 3 is 2.45 bits per heavy atom. The van der Waals surface area contributed by atoms with Gasteiger partial charge in [0, 0.05) is 40.9 Å². The Bertz CT molecular complexity index is 1110. The summed E-state index contributed by atoms with van der Waals surface area (Å²) < 4.78 is 21.4. The van der Waals surface area contributed by atoms with Crippen LogP contribution in [0.5, 0.6) is 17.2 Å². The summed E-state index contributed by atoms with van der Waals surface area (Å²) in [6.45, 7) is -0.194. The number of aryl methyl sites for hydroxylation is 1. The highest BCUT2D eigenvalue weighted by Gasteiger charge is 2.19. The summed E-state index contributed by atoms with van der Waals surface area (Å²) in [5.74, 6) is 1.25. The zero-order chi connectivity index (χ0) is 20.4. The van der Waals surface area contributed by atoms with E-state index in [4.69, 9.17) is 18.6 Å². The Hall–Kier alpha value is -3.48. The summed E-state index contributed by atoms with van der Waals surface area (Å²) in [6.07, 6.45) is 2.61. The van der Waals surface area contributed by atoms with Gasteiger partial charge in [-0.1, -0.05) is 0 Å². The van der Waals surface area contributed by atoms with Crippen molar-refractivity contribution in [2.24, 2.45) is 0 Å². The van der Waals surface area contributed by atoms with Crippen LogP contribution in [0.15, 0.2) is 45.6 Å². The molecule has 7 nitrogen and oxygen atoms in total. The van der Waals surface area contributed by atoms with Crippen molar-refractivity contribution in [2.75, 3.05) is 26.1 Å². The second-order valence-corrected chi connectivity index (χ2v) is 6.80. The average molecular weight is 395 g/mol. The quantitative estimate of drug-likeness (QED) is 0.645. The fourth-order valence-electron chi connectivity index (χ4n) is 3.58. The van der Waals surface area contributed by atoms with E-state index in [1.54, 1.807) is 30.3 Å². The maximum absolute atomic E-state index is 12.3. The number of anilines is 1. The predicted molar refractivity (Wildman–Crippen MR) is 108 cm³/mol. The van der Waals surface area contributed by atoms with Gasteiger partial charge in [0.2, 0.25) is 0 Å². The third-order valence-electron chi connectivity index (χ3n) is 4.95. The number of amides is 1. The number of carbonyl (C=O) groups excluding carboxylic acids is 1. The van der Waals surface area contributed by atoms with Gasteiger partial charge in [0.15, 0.2) is 6.61 Å². The fraction of sp³-hybridized carbons (Fsp3) is 0.273. The lowest BCUT2D eigenvalue weighted by Gasteiger charge is -2.11. The topological polar surface area (TPSA) is 87.0 Å². The maximum Gasteiger partial charge on any atom is 0.339 e. The van der Waals surface area contributed by atoms with Crippen LogP contribution < -0.4 is 25.2 Å². The second kappa shape index (κ2) is 7.87. The van der Waals surface area contributed by atoms with Gasteiger partial charge >= 0.3 is 5.63 Å².